The maximum Gasteiger partial charge on any atom is 0.131 e. The Labute approximate surface area is 126 Å². The number of rotatable bonds is 3. The fourth-order valence-corrected chi connectivity index (χ4v) is 2.81. The smallest absolute Gasteiger partial charge is 0.131 e. The van der Waals surface area contributed by atoms with Crippen molar-refractivity contribution in [2.45, 2.75) is 5.92 Å². The molecule has 4 heteroatoms. The number of aromatic nitrogens is 3. The van der Waals surface area contributed by atoms with Crippen LogP contribution in [0.25, 0.3) is 21.9 Å². The van der Waals surface area contributed by atoms with Crippen LogP contribution < -0.4 is 0 Å². The van der Waals surface area contributed by atoms with E-state index in [0.717, 1.165) is 39.3 Å². The quantitative estimate of drug-likeness (QED) is 0.587. The topological polar surface area (TPSA) is 58.6 Å². The highest BCUT2D eigenvalue weighted by molar-refractivity contribution is 6.02. The Kier molecular flexibility index (Phi) is 2.93. The summed E-state index contributed by atoms with van der Waals surface area (Å²) >= 11 is 0. The van der Waals surface area contributed by atoms with Crippen LogP contribution in [0.15, 0.2) is 61.1 Å². The van der Waals surface area contributed by atoms with E-state index < -0.39 is 0 Å². The van der Waals surface area contributed by atoms with E-state index in [-0.39, 0.29) is 5.92 Å². The fourth-order valence-electron chi connectivity index (χ4n) is 2.81. The first-order chi connectivity index (χ1) is 10.9. The average Bonchev–Trinajstić information content (AvgIpc) is 3.06. The molecule has 0 spiro atoms. The van der Waals surface area contributed by atoms with Gasteiger partial charge in [0.25, 0.3) is 0 Å². The van der Waals surface area contributed by atoms with E-state index in [4.69, 9.17) is 0 Å². The summed E-state index contributed by atoms with van der Waals surface area (Å²) in [5, 5.41) is 0.957. The molecule has 22 heavy (non-hydrogen) atoms. The summed E-state index contributed by atoms with van der Waals surface area (Å²) in [7, 11) is 0. The first-order valence-corrected chi connectivity index (χ1v) is 7.09. The normalized spacial score (nSPS) is 12.5. The van der Waals surface area contributed by atoms with Crippen molar-refractivity contribution in [2.24, 2.45) is 0 Å². The van der Waals surface area contributed by atoms with Gasteiger partial charge in [0.15, 0.2) is 0 Å². The molecule has 106 valence electrons. The number of H-pyrrole nitrogens is 1. The summed E-state index contributed by atoms with van der Waals surface area (Å²) in [6, 6.07) is 15.7. The molecule has 0 amide bonds. The minimum Gasteiger partial charge on any atom is -0.343 e. The van der Waals surface area contributed by atoms with Crippen molar-refractivity contribution < 1.29 is 4.79 Å². The molecule has 0 bridgehead atoms. The number of nitrogens with zero attached hydrogens (tertiary/aromatic N) is 2. The van der Waals surface area contributed by atoms with E-state index in [1.807, 2.05) is 48.5 Å². The average molecular weight is 287 g/mol. The zero-order valence-electron chi connectivity index (χ0n) is 11.7. The van der Waals surface area contributed by atoms with Crippen LogP contribution in [0.4, 0.5) is 0 Å². The van der Waals surface area contributed by atoms with Crippen molar-refractivity contribution in [1.82, 2.24) is 15.0 Å². The molecular formula is C18H13N3O. The number of carbonyl (C=O) groups excluding carboxylic acids is 1. The number of hydrogen-bond donors (Lipinski definition) is 1. The molecule has 4 rings (SSSR count). The molecule has 0 saturated carbocycles. The minimum absolute atomic E-state index is 0.278. The van der Waals surface area contributed by atoms with Gasteiger partial charge in [-0.2, -0.15) is 0 Å². The van der Waals surface area contributed by atoms with Crippen LogP contribution in [0.1, 0.15) is 17.0 Å². The second kappa shape index (κ2) is 5.07. The molecule has 4 aromatic rings. The SMILES string of the molecule is O=CC(c1ccccc1)c1ccc2ncc3[nH]cnc3c2c1. The van der Waals surface area contributed by atoms with Gasteiger partial charge in [0, 0.05) is 5.39 Å². The van der Waals surface area contributed by atoms with Gasteiger partial charge in [-0.3, -0.25) is 4.98 Å². The van der Waals surface area contributed by atoms with Gasteiger partial charge >= 0.3 is 0 Å². The van der Waals surface area contributed by atoms with Crippen molar-refractivity contribution in [3.8, 4) is 0 Å². The summed E-state index contributed by atoms with van der Waals surface area (Å²) in [5.41, 5.74) is 4.59. The van der Waals surface area contributed by atoms with Crippen molar-refractivity contribution in [1.29, 1.82) is 0 Å². The maximum atomic E-state index is 11.6. The standard InChI is InChI=1S/C18H13N3O/c22-10-15(12-4-2-1-3-5-12)13-6-7-16-14(8-13)18-17(9-19-16)20-11-21-18/h1-11,15H,(H,20,21). The summed E-state index contributed by atoms with van der Waals surface area (Å²) in [5.74, 6) is -0.278. The molecule has 2 aromatic carbocycles. The number of imidazole rings is 1. The van der Waals surface area contributed by atoms with Gasteiger partial charge in [0.1, 0.15) is 6.29 Å². The molecule has 4 nitrogen and oxygen atoms in total. The van der Waals surface area contributed by atoms with Crippen LogP contribution in [-0.4, -0.2) is 21.2 Å². The molecule has 1 N–H and O–H groups in total. The van der Waals surface area contributed by atoms with E-state index >= 15 is 0 Å². The van der Waals surface area contributed by atoms with E-state index in [1.54, 1.807) is 12.5 Å². The highest BCUT2D eigenvalue weighted by Gasteiger charge is 2.14. The third-order valence-electron chi connectivity index (χ3n) is 3.93. The van der Waals surface area contributed by atoms with Crippen molar-refractivity contribution >= 4 is 28.2 Å². The first kappa shape index (κ1) is 12.7. The zero-order chi connectivity index (χ0) is 14.9. The third kappa shape index (κ3) is 1.97. The molecule has 0 aliphatic rings. The number of hydrogen-bond acceptors (Lipinski definition) is 3. The molecule has 1 unspecified atom stereocenters. The molecule has 1 atom stereocenters. The van der Waals surface area contributed by atoms with Crippen molar-refractivity contribution in [2.75, 3.05) is 0 Å². The minimum atomic E-state index is -0.278. The van der Waals surface area contributed by atoms with Crippen molar-refractivity contribution in [3.63, 3.8) is 0 Å². The number of carbonyl (C=O) groups is 1. The number of fused-ring (bicyclic) bond motifs is 3. The van der Waals surface area contributed by atoms with Gasteiger partial charge in [-0.15, -0.1) is 0 Å². The largest absolute Gasteiger partial charge is 0.343 e. The van der Waals surface area contributed by atoms with Gasteiger partial charge < -0.3 is 9.78 Å². The molecule has 0 aliphatic heterocycles. The van der Waals surface area contributed by atoms with Gasteiger partial charge in [-0.25, -0.2) is 4.98 Å². The van der Waals surface area contributed by atoms with E-state index in [0.29, 0.717) is 0 Å². The lowest BCUT2D eigenvalue weighted by molar-refractivity contribution is -0.108. The van der Waals surface area contributed by atoms with Gasteiger partial charge in [-0.05, 0) is 23.3 Å². The van der Waals surface area contributed by atoms with Crippen LogP contribution in [0.3, 0.4) is 0 Å². The van der Waals surface area contributed by atoms with Crippen LogP contribution in [0.2, 0.25) is 0 Å². The van der Waals surface area contributed by atoms with Gasteiger partial charge in [0.05, 0.1) is 35.0 Å². The lowest BCUT2D eigenvalue weighted by Crippen LogP contribution is -2.02. The Hall–Kier alpha value is -3.01. The molecule has 0 fully saturated rings. The number of nitrogens with one attached hydrogen (secondary N) is 1. The number of benzene rings is 2. The maximum absolute atomic E-state index is 11.6. The molecule has 0 radical (unpaired) electrons. The first-order valence-electron chi connectivity index (χ1n) is 7.09. The molecule has 2 heterocycles. The Balaban J connectivity index is 1.92. The summed E-state index contributed by atoms with van der Waals surface area (Å²) in [6.45, 7) is 0. The van der Waals surface area contributed by atoms with E-state index in [2.05, 4.69) is 15.0 Å². The van der Waals surface area contributed by atoms with E-state index in [1.165, 1.54) is 0 Å². The Morgan fingerprint density at radius 3 is 2.68 bits per heavy atom. The van der Waals surface area contributed by atoms with Crippen LogP contribution in [0.5, 0.6) is 0 Å². The summed E-state index contributed by atoms with van der Waals surface area (Å²) < 4.78 is 0. The molecule has 2 aromatic heterocycles. The highest BCUT2D eigenvalue weighted by atomic mass is 16.1. The second-order valence-electron chi connectivity index (χ2n) is 5.22. The zero-order valence-corrected chi connectivity index (χ0v) is 11.7. The van der Waals surface area contributed by atoms with Gasteiger partial charge in [0.2, 0.25) is 0 Å². The van der Waals surface area contributed by atoms with Crippen LogP contribution in [-0.2, 0) is 4.79 Å². The molecular weight excluding hydrogens is 274 g/mol. The number of pyridine rings is 1. The molecule has 0 saturated heterocycles. The summed E-state index contributed by atoms with van der Waals surface area (Å²) in [4.78, 5) is 23.5. The number of aldehydes is 1. The second-order valence-corrected chi connectivity index (χ2v) is 5.22. The number of aromatic amines is 1. The van der Waals surface area contributed by atoms with E-state index in [9.17, 15) is 4.79 Å². The Bertz CT molecular complexity index is 960. The lowest BCUT2D eigenvalue weighted by atomic mass is 9.91. The van der Waals surface area contributed by atoms with Crippen LogP contribution in [0, 0.1) is 0 Å². The lowest BCUT2D eigenvalue weighted by Gasteiger charge is -2.12. The van der Waals surface area contributed by atoms with Crippen molar-refractivity contribution in [3.05, 3.63) is 72.2 Å². The highest BCUT2D eigenvalue weighted by Crippen LogP contribution is 2.28. The third-order valence-corrected chi connectivity index (χ3v) is 3.93. The fraction of sp³-hybridized carbons (Fsp3) is 0.0556. The molecule has 0 aliphatic carbocycles. The Morgan fingerprint density at radius 2 is 1.86 bits per heavy atom. The Morgan fingerprint density at radius 1 is 1.00 bits per heavy atom. The predicted molar refractivity (Wildman–Crippen MR) is 85.7 cm³/mol. The van der Waals surface area contributed by atoms with Crippen LogP contribution >= 0.6 is 0 Å². The van der Waals surface area contributed by atoms with Gasteiger partial charge in [-0.1, -0.05) is 36.4 Å². The predicted octanol–water partition coefficient (Wildman–Crippen LogP) is 3.44. The monoisotopic (exact) mass is 287 g/mol. The summed E-state index contributed by atoms with van der Waals surface area (Å²) in [6.07, 6.45) is 4.42.